The zero-order valence-electron chi connectivity index (χ0n) is 17.3. The summed E-state index contributed by atoms with van der Waals surface area (Å²) in [5.41, 5.74) is 0. The number of quaternary nitrogens is 1. The molecular weight excluding hydrogens is 330 g/mol. The van der Waals surface area contributed by atoms with Crippen molar-refractivity contribution >= 4 is 0 Å². The molecule has 1 rings (SSSR count). The molecule has 152 valence electrons. The van der Waals surface area contributed by atoms with Crippen LogP contribution in [0.1, 0.15) is 110 Å². The van der Waals surface area contributed by atoms with Gasteiger partial charge < -0.3 is 22.0 Å². The van der Waals surface area contributed by atoms with E-state index in [-0.39, 0.29) is 12.4 Å². The molecule has 2 nitrogen and oxygen atoms in total. The lowest BCUT2D eigenvalue weighted by Crippen LogP contribution is -3.00. The summed E-state index contributed by atoms with van der Waals surface area (Å²) in [6, 6.07) is 0.814. The standard InChI is InChI=1S/C22H46NO.ClH/c1-3-4-5-6-7-8-9-10-11-12-16-19-23(2,20-21-24)22-17-14-13-15-18-22;/h22,24H,3-21H2,1-2H3;1H/q+1;/p-1. The second-order valence-corrected chi connectivity index (χ2v) is 8.48. The molecule has 25 heavy (non-hydrogen) atoms. The lowest BCUT2D eigenvalue weighted by molar-refractivity contribution is -0.935. The minimum Gasteiger partial charge on any atom is -1.00 e. The fraction of sp³-hybridized carbons (Fsp3) is 1.00. The van der Waals surface area contributed by atoms with Gasteiger partial charge in [-0.25, -0.2) is 0 Å². The quantitative estimate of drug-likeness (QED) is 0.344. The van der Waals surface area contributed by atoms with Crippen LogP contribution < -0.4 is 12.4 Å². The third kappa shape index (κ3) is 11.5. The van der Waals surface area contributed by atoms with Crippen LogP contribution in [0.25, 0.3) is 0 Å². The number of aliphatic hydroxyl groups excluding tert-OH is 1. The molecule has 0 aromatic heterocycles. The van der Waals surface area contributed by atoms with E-state index in [2.05, 4.69) is 14.0 Å². The number of hydrogen-bond acceptors (Lipinski definition) is 1. The van der Waals surface area contributed by atoms with Crippen LogP contribution in [0.2, 0.25) is 0 Å². The van der Waals surface area contributed by atoms with Crippen molar-refractivity contribution in [2.45, 2.75) is 116 Å². The van der Waals surface area contributed by atoms with Crippen LogP contribution in [-0.4, -0.2) is 42.4 Å². The van der Waals surface area contributed by atoms with Gasteiger partial charge in [0.2, 0.25) is 0 Å². The Morgan fingerprint density at radius 3 is 1.68 bits per heavy atom. The molecule has 0 radical (unpaired) electrons. The molecule has 0 bridgehead atoms. The molecule has 0 aliphatic heterocycles. The first-order valence-electron chi connectivity index (χ1n) is 11.2. The minimum absolute atomic E-state index is 0. The van der Waals surface area contributed by atoms with Crippen molar-refractivity contribution in [1.82, 2.24) is 0 Å². The second kappa shape index (κ2) is 16.4. The number of halogens is 1. The van der Waals surface area contributed by atoms with Gasteiger partial charge in [-0.15, -0.1) is 0 Å². The van der Waals surface area contributed by atoms with Gasteiger partial charge in [-0.1, -0.05) is 71.1 Å². The van der Waals surface area contributed by atoms with Gasteiger partial charge in [-0.2, -0.15) is 0 Å². The number of hydrogen-bond donors (Lipinski definition) is 1. The molecule has 3 heteroatoms. The van der Waals surface area contributed by atoms with E-state index >= 15 is 0 Å². The minimum atomic E-state index is 0. The van der Waals surface area contributed by atoms with Crippen LogP contribution in [0.3, 0.4) is 0 Å². The first kappa shape index (κ1) is 25.2. The Morgan fingerprint density at radius 1 is 0.720 bits per heavy atom. The summed E-state index contributed by atoms with van der Waals surface area (Å²) in [6.45, 7) is 4.88. The van der Waals surface area contributed by atoms with E-state index in [0.29, 0.717) is 6.61 Å². The first-order valence-corrected chi connectivity index (χ1v) is 11.2. The summed E-state index contributed by atoms with van der Waals surface area (Å²) in [6.07, 6.45) is 22.6. The number of nitrogens with zero attached hydrogens (tertiary/aromatic N) is 1. The van der Waals surface area contributed by atoms with E-state index in [1.165, 1.54) is 109 Å². The highest BCUT2D eigenvalue weighted by atomic mass is 35.5. The average molecular weight is 376 g/mol. The Kier molecular flexibility index (Phi) is 16.5. The summed E-state index contributed by atoms with van der Waals surface area (Å²) >= 11 is 0. The predicted octanol–water partition coefficient (Wildman–Crippen LogP) is 3.07. The first-order chi connectivity index (χ1) is 11.7. The molecule has 0 aromatic rings. The zero-order valence-corrected chi connectivity index (χ0v) is 18.0. The molecule has 1 aliphatic carbocycles. The summed E-state index contributed by atoms with van der Waals surface area (Å²) in [5.74, 6) is 0. The third-order valence-electron chi connectivity index (χ3n) is 6.34. The van der Waals surface area contributed by atoms with Crippen LogP contribution in [-0.2, 0) is 0 Å². The molecule has 1 saturated carbocycles. The van der Waals surface area contributed by atoms with Gasteiger partial charge in [0.1, 0.15) is 6.54 Å². The highest BCUT2D eigenvalue weighted by Crippen LogP contribution is 2.27. The van der Waals surface area contributed by atoms with Gasteiger partial charge in [0.05, 0.1) is 26.2 Å². The maximum absolute atomic E-state index is 9.49. The van der Waals surface area contributed by atoms with Gasteiger partial charge in [-0.05, 0) is 38.5 Å². The van der Waals surface area contributed by atoms with Crippen molar-refractivity contribution in [3.63, 3.8) is 0 Å². The summed E-state index contributed by atoms with van der Waals surface area (Å²) in [7, 11) is 2.41. The SMILES string of the molecule is CCCCCCCCCCCCC[N+](C)(CCO)C1CCCCC1.[Cl-]. The molecule has 0 aromatic carbocycles. The summed E-state index contributed by atoms with van der Waals surface area (Å²) in [4.78, 5) is 0. The van der Waals surface area contributed by atoms with Crippen LogP contribution in [0, 0.1) is 0 Å². The van der Waals surface area contributed by atoms with Crippen molar-refractivity contribution in [2.75, 3.05) is 26.7 Å². The van der Waals surface area contributed by atoms with Crippen molar-refractivity contribution in [2.24, 2.45) is 0 Å². The molecule has 1 unspecified atom stereocenters. The van der Waals surface area contributed by atoms with Crippen molar-refractivity contribution in [1.29, 1.82) is 0 Å². The van der Waals surface area contributed by atoms with Gasteiger partial charge >= 0.3 is 0 Å². The molecular formula is C22H46ClNO. The average Bonchev–Trinajstić information content (AvgIpc) is 2.61. The van der Waals surface area contributed by atoms with Crippen LogP contribution >= 0.6 is 0 Å². The summed E-state index contributed by atoms with van der Waals surface area (Å²) in [5, 5.41) is 9.49. The molecule has 0 saturated heterocycles. The molecule has 0 amide bonds. The highest BCUT2D eigenvalue weighted by molar-refractivity contribution is 4.67. The van der Waals surface area contributed by atoms with Crippen molar-refractivity contribution < 1.29 is 22.0 Å². The van der Waals surface area contributed by atoms with E-state index in [9.17, 15) is 5.11 Å². The molecule has 1 fully saturated rings. The molecule has 1 N–H and O–H groups in total. The normalized spacial score (nSPS) is 17.9. The Bertz CT molecular complexity index is 281. The Balaban J connectivity index is 0.00000576. The third-order valence-corrected chi connectivity index (χ3v) is 6.34. The Hall–Kier alpha value is 0.210. The van der Waals surface area contributed by atoms with Crippen molar-refractivity contribution in [3.05, 3.63) is 0 Å². The van der Waals surface area contributed by atoms with Gasteiger partial charge in [0.15, 0.2) is 0 Å². The molecule has 0 heterocycles. The monoisotopic (exact) mass is 375 g/mol. The second-order valence-electron chi connectivity index (χ2n) is 8.48. The summed E-state index contributed by atoms with van der Waals surface area (Å²) < 4.78 is 1.13. The fourth-order valence-corrected chi connectivity index (χ4v) is 4.55. The van der Waals surface area contributed by atoms with E-state index in [0.717, 1.165) is 17.1 Å². The van der Waals surface area contributed by atoms with E-state index in [1.807, 2.05) is 0 Å². The van der Waals surface area contributed by atoms with E-state index in [1.54, 1.807) is 0 Å². The predicted molar refractivity (Wildman–Crippen MR) is 106 cm³/mol. The largest absolute Gasteiger partial charge is 1.00 e. The van der Waals surface area contributed by atoms with Gasteiger partial charge in [-0.3, -0.25) is 0 Å². The maximum Gasteiger partial charge on any atom is 0.102 e. The molecule has 1 atom stereocenters. The molecule has 1 aliphatic rings. The molecule has 0 spiro atoms. The van der Waals surface area contributed by atoms with Crippen LogP contribution in [0.4, 0.5) is 0 Å². The lowest BCUT2D eigenvalue weighted by Gasteiger charge is -2.43. The Morgan fingerprint density at radius 2 is 1.20 bits per heavy atom. The van der Waals surface area contributed by atoms with Gasteiger partial charge in [0.25, 0.3) is 0 Å². The lowest BCUT2D eigenvalue weighted by atomic mass is 9.92. The van der Waals surface area contributed by atoms with E-state index in [4.69, 9.17) is 0 Å². The zero-order chi connectivity index (χ0) is 17.5. The van der Waals surface area contributed by atoms with Crippen LogP contribution in [0.5, 0.6) is 0 Å². The number of likely N-dealkylation sites (N-methyl/N-ethyl adjacent to an activating group) is 1. The van der Waals surface area contributed by atoms with Gasteiger partial charge in [0, 0.05) is 0 Å². The smallest absolute Gasteiger partial charge is 0.102 e. The fourth-order valence-electron chi connectivity index (χ4n) is 4.55. The number of aliphatic hydroxyl groups is 1. The topological polar surface area (TPSA) is 20.2 Å². The number of unbranched alkanes of at least 4 members (excludes halogenated alkanes) is 10. The Labute approximate surface area is 164 Å². The maximum atomic E-state index is 9.49. The van der Waals surface area contributed by atoms with Crippen molar-refractivity contribution in [3.8, 4) is 0 Å². The highest BCUT2D eigenvalue weighted by Gasteiger charge is 2.32. The number of rotatable bonds is 15. The van der Waals surface area contributed by atoms with E-state index < -0.39 is 0 Å². The van der Waals surface area contributed by atoms with Crippen LogP contribution in [0.15, 0.2) is 0 Å².